The quantitative estimate of drug-likeness (QED) is 0.185. The molecule has 14 heteroatoms. The highest BCUT2D eigenvalue weighted by molar-refractivity contribution is 6.01. The van der Waals surface area contributed by atoms with E-state index in [9.17, 15) is 14.4 Å². The predicted octanol–water partition coefficient (Wildman–Crippen LogP) is 5.30. The maximum atomic E-state index is 13.3. The zero-order chi connectivity index (χ0) is 37.4. The van der Waals surface area contributed by atoms with Gasteiger partial charge >= 0.3 is 0 Å². The number of carbonyl (C=O) groups is 3. The predicted molar refractivity (Wildman–Crippen MR) is 207 cm³/mol. The first-order chi connectivity index (χ1) is 26.8. The first kappa shape index (κ1) is 34.1. The third kappa shape index (κ3) is 6.29. The van der Waals surface area contributed by atoms with Crippen molar-refractivity contribution >= 4 is 40.6 Å². The molecule has 3 amide bonds. The van der Waals surface area contributed by atoms with Crippen molar-refractivity contribution < 1.29 is 14.4 Å². The van der Waals surface area contributed by atoms with E-state index in [4.69, 9.17) is 10.1 Å². The monoisotopic (exact) mass is 741 g/mol. The number of anilines is 4. The molecule has 3 atom stereocenters. The lowest BCUT2D eigenvalue weighted by atomic mass is 9.91. The Balaban J connectivity index is 0.883. The molecule has 55 heavy (non-hydrogen) atoms. The maximum absolute atomic E-state index is 13.3. The third-order valence-corrected chi connectivity index (χ3v) is 12.4. The van der Waals surface area contributed by atoms with Gasteiger partial charge in [0.25, 0.3) is 11.8 Å². The Morgan fingerprint density at radius 1 is 0.891 bits per heavy atom. The summed E-state index contributed by atoms with van der Waals surface area (Å²) < 4.78 is 2.22. The highest BCUT2D eigenvalue weighted by Gasteiger charge is 2.42. The molecule has 3 aromatic heterocycles. The van der Waals surface area contributed by atoms with Gasteiger partial charge in [0, 0.05) is 68.4 Å². The van der Waals surface area contributed by atoms with E-state index in [2.05, 4.69) is 65.6 Å². The second-order valence-electron chi connectivity index (χ2n) is 16.4. The van der Waals surface area contributed by atoms with Gasteiger partial charge in [-0.2, -0.15) is 5.10 Å². The van der Waals surface area contributed by atoms with Crippen LogP contribution in [0, 0.1) is 11.8 Å². The minimum atomic E-state index is -0.286. The number of nitrogens with zero attached hydrogens (tertiary/aromatic N) is 8. The van der Waals surface area contributed by atoms with Gasteiger partial charge in [-0.05, 0) is 75.5 Å². The molecule has 0 radical (unpaired) electrons. The number of likely N-dealkylation sites (tertiary alicyclic amines) is 2. The largest absolute Gasteiger partial charge is 0.364 e. The molecule has 0 spiro atoms. The molecule has 14 nitrogen and oxygen atoms in total. The van der Waals surface area contributed by atoms with Crippen molar-refractivity contribution in [3.8, 4) is 11.1 Å². The van der Waals surface area contributed by atoms with Gasteiger partial charge in [0.2, 0.25) is 5.91 Å². The van der Waals surface area contributed by atoms with Gasteiger partial charge in [0.1, 0.15) is 5.69 Å². The van der Waals surface area contributed by atoms with E-state index in [0.717, 1.165) is 92.8 Å². The summed E-state index contributed by atoms with van der Waals surface area (Å²) in [4.78, 5) is 50.8. The van der Waals surface area contributed by atoms with Crippen LogP contribution < -0.4 is 20.9 Å². The Bertz CT molecular complexity index is 2190. The second kappa shape index (κ2) is 13.4. The number of para-hydroxylation sites is 1. The van der Waals surface area contributed by atoms with Crippen LogP contribution in [-0.4, -0.2) is 91.2 Å². The molecule has 3 aliphatic heterocycles. The molecule has 2 saturated heterocycles. The summed E-state index contributed by atoms with van der Waals surface area (Å²) in [6, 6.07) is 14.5. The van der Waals surface area contributed by atoms with E-state index in [0.29, 0.717) is 35.7 Å². The lowest BCUT2D eigenvalue weighted by Crippen LogP contribution is -2.48. The lowest BCUT2D eigenvalue weighted by molar-refractivity contribution is -0.117. The Morgan fingerprint density at radius 3 is 2.47 bits per heavy atom. The highest BCUT2D eigenvalue weighted by Crippen LogP contribution is 2.50. The van der Waals surface area contributed by atoms with Crippen molar-refractivity contribution in [2.45, 2.75) is 89.0 Å². The zero-order valence-electron chi connectivity index (χ0n) is 31.4. The van der Waals surface area contributed by atoms with Crippen LogP contribution in [0.4, 0.5) is 22.9 Å². The number of benzene rings is 1. The van der Waals surface area contributed by atoms with Crippen LogP contribution in [0.2, 0.25) is 0 Å². The van der Waals surface area contributed by atoms with Gasteiger partial charge in [-0.3, -0.25) is 24.0 Å². The minimum Gasteiger partial charge on any atom is -0.364 e. The standard InChI is InChI=1S/C41H47N11O3/c1-3-34-38-30(18-42-52(38)28-21-50(22-28)20-26-6-4-9-32(43-26)41(55)51-19-23-10-15-27(51)16-23)29-7-5-8-31(37(29)49(34)2)45-33-17-35(46-39(53)24-11-12-24)47-48-36(33)40(54)44-25-13-14-25/h4-9,17-18,23-25,27-28,34H,3,10-16,19-22H2,1-2H3,(H,44,54)(H2,45,46,47,53)/t23-,27+,34-/m0/s1. The molecule has 5 fully saturated rings. The molecule has 2 bridgehead atoms. The Morgan fingerprint density at radius 2 is 1.73 bits per heavy atom. The average Bonchev–Trinajstić information content (AvgIpc) is 4.07. The van der Waals surface area contributed by atoms with Crippen molar-refractivity contribution in [3.63, 3.8) is 0 Å². The molecule has 3 N–H and O–H groups in total. The van der Waals surface area contributed by atoms with Crippen LogP contribution in [0.1, 0.15) is 103 Å². The summed E-state index contributed by atoms with van der Waals surface area (Å²) in [5, 5.41) is 23.0. The highest BCUT2D eigenvalue weighted by atomic mass is 16.2. The summed E-state index contributed by atoms with van der Waals surface area (Å²) in [6.07, 6.45) is 10.0. The second-order valence-corrected chi connectivity index (χ2v) is 16.4. The van der Waals surface area contributed by atoms with Gasteiger partial charge in [0.15, 0.2) is 11.5 Å². The fourth-order valence-electron chi connectivity index (χ4n) is 9.23. The Hall–Kier alpha value is -5.37. The molecular formula is C41H47N11O3. The molecule has 3 aliphatic carbocycles. The molecule has 6 aliphatic rings. The molecule has 0 unspecified atom stereocenters. The van der Waals surface area contributed by atoms with Crippen molar-refractivity contribution in [3.05, 3.63) is 71.4 Å². The van der Waals surface area contributed by atoms with Crippen LogP contribution in [0.5, 0.6) is 0 Å². The summed E-state index contributed by atoms with van der Waals surface area (Å²) >= 11 is 0. The van der Waals surface area contributed by atoms with E-state index < -0.39 is 0 Å². The summed E-state index contributed by atoms with van der Waals surface area (Å²) in [6.45, 7) is 5.46. The molecule has 10 rings (SSSR count). The number of piperidine rings is 1. The smallest absolute Gasteiger partial charge is 0.274 e. The van der Waals surface area contributed by atoms with E-state index >= 15 is 0 Å². The lowest BCUT2D eigenvalue weighted by Gasteiger charge is -2.43. The number of hydrogen-bond donors (Lipinski definition) is 3. The van der Waals surface area contributed by atoms with Crippen molar-refractivity contribution in [1.29, 1.82) is 0 Å². The van der Waals surface area contributed by atoms with Crippen LogP contribution in [0.25, 0.3) is 11.1 Å². The summed E-state index contributed by atoms with van der Waals surface area (Å²) in [7, 11) is 2.12. The summed E-state index contributed by atoms with van der Waals surface area (Å²) in [5.41, 5.74) is 7.34. The van der Waals surface area contributed by atoms with E-state index in [-0.39, 0.29) is 47.5 Å². The fourth-order valence-corrected chi connectivity index (χ4v) is 9.23. The van der Waals surface area contributed by atoms with Gasteiger partial charge in [-0.25, -0.2) is 4.98 Å². The van der Waals surface area contributed by atoms with Crippen molar-refractivity contribution in [1.82, 2.24) is 40.1 Å². The number of hydrogen-bond acceptors (Lipinski definition) is 10. The van der Waals surface area contributed by atoms with Crippen LogP contribution in [0.15, 0.2) is 48.7 Å². The van der Waals surface area contributed by atoms with Gasteiger partial charge in [-0.15, -0.1) is 10.2 Å². The summed E-state index contributed by atoms with van der Waals surface area (Å²) in [5.74, 6) is 0.704. The minimum absolute atomic E-state index is 0.00973. The van der Waals surface area contributed by atoms with E-state index in [1.165, 1.54) is 12.1 Å². The first-order valence-corrected chi connectivity index (χ1v) is 20.0. The van der Waals surface area contributed by atoms with Crippen LogP contribution in [0.3, 0.4) is 0 Å². The average molecular weight is 742 g/mol. The number of nitrogens with one attached hydrogen (secondary N) is 3. The van der Waals surface area contributed by atoms with Crippen LogP contribution in [-0.2, 0) is 11.3 Å². The van der Waals surface area contributed by atoms with E-state index in [1.807, 2.05) is 36.5 Å². The molecule has 4 aromatic rings. The zero-order valence-corrected chi connectivity index (χ0v) is 31.4. The molecule has 284 valence electrons. The number of carbonyl (C=O) groups excluding carboxylic acids is 3. The number of aromatic nitrogens is 5. The van der Waals surface area contributed by atoms with Gasteiger partial charge in [-0.1, -0.05) is 25.1 Å². The normalized spacial score (nSPS) is 22.9. The number of rotatable bonds is 11. The Labute approximate surface area is 320 Å². The number of amides is 3. The number of fused-ring (bicyclic) bond motifs is 5. The molecule has 3 saturated carbocycles. The third-order valence-electron chi connectivity index (χ3n) is 12.4. The molecule has 6 heterocycles. The maximum Gasteiger partial charge on any atom is 0.274 e. The van der Waals surface area contributed by atoms with Crippen molar-refractivity contribution in [2.24, 2.45) is 11.8 Å². The molecule has 1 aromatic carbocycles. The molecular weight excluding hydrogens is 695 g/mol. The van der Waals surface area contributed by atoms with Gasteiger partial charge in [0.05, 0.1) is 46.7 Å². The van der Waals surface area contributed by atoms with Crippen molar-refractivity contribution in [2.75, 3.05) is 42.2 Å². The SMILES string of the molecule is CC[C@H]1c2c(cnn2C2CN(Cc3cccc(C(=O)N4C[C@H]5CC[C@@H]4C5)n3)C2)-c2cccc(Nc3cc(NC(=O)C4CC4)nnc3C(=O)NC3CC3)c2N1C. The van der Waals surface area contributed by atoms with E-state index in [1.54, 1.807) is 6.07 Å². The topological polar surface area (TPSA) is 154 Å². The van der Waals surface area contributed by atoms with Gasteiger partial charge < -0.3 is 25.8 Å². The van der Waals surface area contributed by atoms with Crippen LogP contribution >= 0.6 is 0 Å². The Kier molecular flexibility index (Phi) is 8.34. The first-order valence-electron chi connectivity index (χ1n) is 20.0. The number of pyridine rings is 1. The fraction of sp³-hybridized carbons (Fsp3) is 0.488.